The Hall–Kier alpha value is -2.09. The lowest BCUT2D eigenvalue weighted by atomic mass is 9.81. The lowest BCUT2D eigenvalue weighted by molar-refractivity contribution is 0.0890. The highest BCUT2D eigenvalue weighted by atomic mass is 16.1. The second-order valence-electron chi connectivity index (χ2n) is 8.72. The predicted octanol–water partition coefficient (Wildman–Crippen LogP) is 5.42. The molecule has 0 saturated carbocycles. The van der Waals surface area contributed by atoms with E-state index in [1.807, 2.05) is 24.3 Å². The molecule has 1 N–H and O–H groups in total. The lowest BCUT2D eigenvalue weighted by Gasteiger charge is -2.33. The van der Waals surface area contributed by atoms with E-state index in [4.69, 9.17) is 0 Å². The Bertz CT molecular complexity index is 696. The molecule has 134 valence electrons. The maximum absolute atomic E-state index is 12.9. The molecule has 2 rings (SSSR count). The molecule has 2 heteroatoms. The van der Waals surface area contributed by atoms with E-state index >= 15 is 0 Å². The van der Waals surface area contributed by atoms with Gasteiger partial charge in [0.25, 0.3) is 5.91 Å². The van der Waals surface area contributed by atoms with Crippen LogP contribution in [0.25, 0.3) is 0 Å². The summed E-state index contributed by atoms with van der Waals surface area (Å²) in [5.41, 5.74) is 3.13. The molecule has 0 radical (unpaired) electrons. The van der Waals surface area contributed by atoms with Crippen LogP contribution in [0.15, 0.2) is 54.6 Å². The van der Waals surface area contributed by atoms with Crippen molar-refractivity contribution in [3.8, 4) is 0 Å². The summed E-state index contributed by atoms with van der Waals surface area (Å²) < 4.78 is 0. The Labute approximate surface area is 152 Å². The number of aryl methyl sites for hydroxylation is 2. The van der Waals surface area contributed by atoms with Gasteiger partial charge in [0.05, 0.1) is 0 Å². The van der Waals surface area contributed by atoms with Crippen LogP contribution in [0.3, 0.4) is 0 Å². The van der Waals surface area contributed by atoms with Crippen molar-refractivity contribution in [2.45, 2.75) is 59.4 Å². The van der Waals surface area contributed by atoms with Crippen molar-refractivity contribution in [2.75, 3.05) is 0 Å². The first-order chi connectivity index (χ1) is 11.7. The molecule has 0 aliphatic heterocycles. The van der Waals surface area contributed by atoms with Crippen LogP contribution < -0.4 is 5.32 Å². The second kappa shape index (κ2) is 7.86. The topological polar surface area (TPSA) is 29.1 Å². The SMILES string of the molecule is CC(C)(C)CC(C)(C)NC(=O)c1ccccc1CCc1ccccc1. The Balaban J connectivity index is 2.09. The Kier molecular flexibility index (Phi) is 6.05. The van der Waals surface area contributed by atoms with Crippen molar-refractivity contribution in [3.63, 3.8) is 0 Å². The molecule has 2 nitrogen and oxygen atoms in total. The fraction of sp³-hybridized carbons (Fsp3) is 0.435. The first kappa shape index (κ1) is 19.2. The van der Waals surface area contributed by atoms with Crippen LogP contribution in [0.4, 0.5) is 0 Å². The molecule has 0 aliphatic carbocycles. The summed E-state index contributed by atoms with van der Waals surface area (Å²) >= 11 is 0. The van der Waals surface area contributed by atoms with Crippen LogP contribution >= 0.6 is 0 Å². The van der Waals surface area contributed by atoms with Gasteiger partial charge in [-0.15, -0.1) is 0 Å². The molecule has 0 bridgehead atoms. The van der Waals surface area contributed by atoms with Crippen LogP contribution in [-0.4, -0.2) is 11.4 Å². The molecule has 0 aliphatic rings. The summed E-state index contributed by atoms with van der Waals surface area (Å²) in [6, 6.07) is 18.4. The fourth-order valence-corrected chi connectivity index (χ4v) is 3.63. The van der Waals surface area contributed by atoms with Crippen LogP contribution in [-0.2, 0) is 12.8 Å². The molecule has 0 fully saturated rings. The highest BCUT2D eigenvalue weighted by molar-refractivity contribution is 5.96. The second-order valence-corrected chi connectivity index (χ2v) is 8.72. The van der Waals surface area contributed by atoms with Gasteiger partial charge in [0.2, 0.25) is 0 Å². The summed E-state index contributed by atoms with van der Waals surface area (Å²) in [7, 11) is 0. The molecule has 25 heavy (non-hydrogen) atoms. The average Bonchev–Trinajstić information content (AvgIpc) is 2.51. The first-order valence-electron chi connectivity index (χ1n) is 9.11. The Morgan fingerprint density at radius 2 is 1.44 bits per heavy atom. The minimum Gasteiger partial charge on any atom is -0.347 e. The number of nitrogens with one attached hydrogen (secondary N) is 1. The van der Waals surface area contributed by atoms with Gasteiger partial charge in [0, 0.05) is 11.1 Å². The number of rotatable bonds is 6. The standard InChI is InChI=1S/C23H31NO/c1-22(2,3)17-23(4,5)24-21(25)20-14-10-9-13-19(20)16-15-18-11-7-6-8-12-18/h6-14H,15-17H2,1-5H3,(H,24,25). The zero-order chi connectivity index (χ0) is 18.5. The molecule has 2 aromatic carbocycles. The molecular weight excluding hydrogens is 306 g/mol. The third kappa shape index (κ3) is 6.38. The monoisotopic (exact) mass is 337 g/mol. The quantitative estimate of drug-likeness (QED) is 0.749. The zero-order valence-electron chi connectivity index (χ0n) is 16.2. The number of benzene rings is 2. The maximum atomic E-state index is 12.9. The van der Waals surface area contributed by atoms with Gasteiger partial charge in [-0.05, 0) is 55.7 Å². The van der Waals surface area contributed by atoms with Crippen LogP contribution in [0, 0.1) is 5.41 Å². The van der Waals surface area contributed by atoms with Gasteiger partial charge in [0.1, 0.15) is 0 Å². The van der Waals surface area contributed by atoms with Crippen LogP contribution in [0.2, 0.25) is 0 Å². The van der Waals surface area contributed by atoms with Gasteiger partial charge in [-0.3, -0.25) is 4.79 Å². The molecular formula is C23H31NO. The van der Waals surface area contributed by atoms with Crippen molar-refractivity contribution < 1.29 is 4.79 Å². The number of hydrogen-bond donors (Lipinski definition) is 1. The van der Waals surface area contributed by atoms with Gasteiger partial charge >= 0.3 is 0 Å². The molecule has 1 amide bonds. The Morgan fingerprint density at radius 1 is 0.840 bits per heavy atom. The number of carbonyl (C=O) groups is 1. The highest BCUT2D eigenvalue weighted by Gasteiger charge is 2.27. The predicted molar refractivity (Wildman–Crippen MR) is 106 cm³/mol. The number of amides is 1. The molecule has 0 saturated heterocycles. The smallest absolute Gasteiger partial charge is 0.251 e. The number of hydrogen-bond acceptors (Lipinski definition) is 1. The van der Waals surface area contributed by atoms with E-state index < -0.39 is 0 Å². The third-order valence-corrected chi connectivity index (χ3v) is 4.21. The maximum Gasteiger partial charge on any atom is 0.251 e. The summed E-state index contributed by atoms with van der Waals surface area (Å²) in [5, 5.41) is 3.23. The molecule has 2 aromatic rings. The summed E-state index contributed by atoms with van der Waals surface area (Å²) in [4.78, 5) is 12.9. The Morgan fingerprint density at radius 3 is 2.08 bits per heavy atom. The van der Waals surface area contributed by atoms with Crippen LogP contribution in [0.5, 0.6) is 0 Å². The minimum absolute atomic E-state index is 0.0258. The van der Waals surface area contributed by atoms with Gasteiger partial charge in [-0.1, -0.05) is 69.3 Å². The normalized spacial score (nSPS) is 12.0. The minimum atomic E-state index is -0.234. The van der Waals surface area contributed by atoms with E-state index in [0.717, 1.165) is 30.4 Å². The van der Waals surface area contributed by atoms with E-state index in [2.05, 4.69) is 70.3 Å². The molecule has 0 atom stereocenters. The van der Waals surface area contributed by atoms with Gasteiger partial charge in [-0.2, -0.15) is 0 Å². The van der Waals surface area contributed by atoms with Crippen molar-refractivity contribution in [1.82, 2.24) is 5.32 Å². The summed E-state index contributed by atoms with van der Waals surface area (Å²) in [6.07, 6.45) is 2.74. The van der Waals surface area contributed by atoms with Crippen molar-refractivity contribution in [1.29, 1.82) is 0 Å². The third-order valence-electron chi connectivity index (χ3n) is 4.21. The van der Waals surface area contributed by atoms with Gasteiger partial charge in [0.15, 0.2) is 0 Å². The van der Waals surface area contributed by atoms with Crippen LogP contribution in [0.1, 0.15) is 62.5 Å². The highest BCUT2D eigenvalue weighted by Crippen LogP contribution is 2.27. The first-order valence-corrected chi connectivity index (χ1v) is 9.11. The molecule has 0 heterocycles. The largest absolute Gasteiger partial charge is 0.347 e. The molecule has 0 aromatic heterocycles. The van der Waals surface area contributed by atoms with E-state index in [-0.39, 0.29) is 16.9 Å². The molecule has 0 spiro atoms. The average molecular weight is 338 g/mol. The van der Waals surface area contributed by atoms with E-state index in [1.165, 1.54) is 5.56 Å². The van der Waals surface area contributed by atoms with Gasteiger partial charge in [-0.25, -0.2) is 0 Å². The van der Waals surface area contributed by atoms with Gasteiger partial charge < -0.3 is 5.32 Å². The van der Waals surface area contributed by atoms with E-state index in [9.17, 15) is 4.79 Å². The molecule has 0 unspecified atom stereocenters. The van der Waals surface area contributed by atoms with E-state index in [0.29, 0.717) is 0 Å². The number of carbonyl (C=O) groups excluding carboxylic acids is 1. The fourth-order valence-electron chi connectivity index (χ4n) is 3.63. The summed E-state index contributed by atoms with van der Waals surface area (Å²) in [6.45, 7) is 10.8. The van der Waals surface area contributed by atoms with Crippen molar-refractivity contribution in [3.05, 3.63) is 71.3 Å². The zero-order valence-corrected chi connectivity index (χ0v) is 16.2. The van der Waals surface area contributed by atoms with E-state index in [1.54, 1.807) is 0 Å². The lowest BCUT2D eigenvalue weighted by Crippen LogP contribution is -2.46. The van der Waals surface area contributed by atoms with Crippen molar-refractivity contribution >= 4 is 5.91 Å². The summed E-state index contributed by atoms with van der Waals surface area (Å²) in [5.74, 6) is 0.0258. The van der Waals surface area contributed by atoms with Crippen molar-refractivity contribution in [2.24, 2.45) is 5.41 Å².